The Morgan fingerprint density at radius 1 is 1.39 bits per heavy atom. The normalized spacial score (nSPS) is 40.4. The fourth-order valence-corrected chi connectivity index (χ4v) is 4.36. The summed E-state index contributed by atoms with van der Waals surface area (Å²) in [6.07, 6.45) is 1.28. The molecule has 0 aromatic carbocycles. The van der Waals surface area contributed by atoms with Crippen molar-refractivity contribution in [1.82, 2.24) is 0 Å². The predicted octanol–water partition coefficient (Wildman–Crippen LogP) is 0.753. The molecule has 0 aromatic rings. The molecule has 168 valence electrons. The second-order valence-electron chi connectivity index (χ2n) is 8.53. The number of aliphatic hydroxyl groups excluding tert-OH is 1. The zero-order valence-corrected chi connectivity index (χ0v) is 17.7. The standard InChI is InChI=1S/C22H26O9/c1-10(5-6-27-12(3)24)20(25)29-15-8-22(4)19(31-22)18-17(30-18)13(9-23)7-14-16(15)11(2)21(26)28-14/h5,7,14-19,23H,2,6,8-9H2,1,3-4H3/b10-5+,13-7-/t14-,15-,16+,17+,18+,19+,22-/m1/s1. The van der Waals surface area contributed by atoms with Crippen molar-refractivity contribution in [2.45, 2.75) is 63.3 Å². The summed E-state index contributed by atoms with van der Waals surface area (Å²) in [7, 11) is 0. The molecular formula is C22H26O9. The number of carbonyl (C=O) groups excluding carboxylic acids is 3. The number of ether oxygens (including phenoxy) is 5. The van der Waals surface area contributed by atoms with Crippen LogP contribution in [0.3, 0.4) is 0 Å². The SMILES string of the molecule is C=C1C(=O)O[C@@H]2/C=C(/CO)[C@@H]3O[C@@H]3[C@@H]3O[C@]3(C)C[C@@H](OC(=O)/C(C)=C/COC(C)=O)[C@@H]12. The van der Waals surface area contributed by atoms with E-state index in [1.54, 1.807) is 13.0 Å². The minimum atomic E-state index is -0.755. The van der Waals surface area contributed by atoms with Crippen LogP contribution in [0.2, 0.25) is 0 Å². The van der Waals surface area contributed by atoms with Gasteiger partial charge in [-0.2, -0.15) is 0 Å². The fraction of sp³-hybridized carbons (Fsp3) is 0.591. The van der Waals surface area contributed by atoms with Crippen LogP contribution in [-0.4, -0.2) is 72.3 Å². The topological polar surface area (TPSA) is 124 Å². The molecular weight excluding hydrogens is 408 g/mol. The lowest BCUT2D eigenvalue weighted by Crippen LogP contribution is -2.38. The van der Waals surface area contributed by atoms with E-state index >= 15 is 0 Å². The summed E-state index contributed by atoms with van der Waals surface area (Å²) in [6, 6.07) is 0. The number of esters is 3. The van der Waals surface area contributed by atoms with E-state index in [1.807, 2.05) is 6.92 Å². The zero-order valence-electron chi connectivity index (χ0n) is 17.7. The lowest BCUT2D eigenvalue weighted by molar-refractivity contribution is -0.148. The number of epoxide rings is 2. The van der Waals surface area contributed by atoms with Gasteiger partial charge in [-0.25, -0.2) is 9.59 Å². The highest BCUT2D eigenvalue weighted by molar-refractivity contribution is 5.92. The molecule has 0 bridgehead atoms. The summed E-state index contributed by atoms with van der Waals surface area (Å²) in [6.45, 7) is 8.29. The predicted molar refractivity (Wildman–Crippen MR) is 105 cm³/mol. The molecule has 31 heavy (non-hydrogen) atoms. The van der Waals surface area contributed by atoms with Crippen molar-refractivity contribution in [3.8, 4) is 0 Å². The number of fused-ring (bicyclic) bond motifs is 4. The highest BCUT2D eigenvalue weighted by atomic mass is 16.7. The summed E-state index contributed by atoms with van der Waals surface area (Å²) >= 11 is 0. The van der Waals surface area contributed by atoms with Gasteiger partial charge >= 0.3 is 17.9 Å². The molecule has 1 N–H and O–H groups in total. The van der Waals surface area contributed by atoms with Crippen LogP contribution in [0, 0.1) is 5.92 Å². The molecule has 3 aliphatic heterocycles. The van der Waals surface area contributed by atoms with E-state index in [0.29, 0.717) is 12.0 Å². The summed E-state index contributed by atoms with van der Waals surface area (Å²) < 4.78 is 27.7. The van der Waals surface area contributed by atoms with E-state index in [1.165, 1.54) is 13.0 Å². The minimum Gasteiger partial charge on any atom is -0.462 e. The van der Waals surface area contributed by atoms with E-state index in [9.17, 15) is 19.5 Å². The Labute approximate surface area is 179 Å². The van der Waals surface area contributed by atoms with Crippen molar-refractivity contribution >= 4 is 17.9 Å². The van der Waals surface area contributed by atoms with Gasteiger partial charge in [-0.3, -0.25) is 4.79 Å². The first kappa shape index (κ1) is 21.7. The minimum absolute atomic E-state index is 0.0484. The average Bonchev–Trinajstić information content (AvgIpc) is 3.58. The first-order valence-corrected chi connectivity index (χ1v) is 10.2. The number of hydrogen-bond donors (Lipinski definition) is 1. The maximum Gasteiger partial charge on any atom is 0.334 e. The Hall–Kier alpha value is -2.49. The number of carbonyl (C=O) groups is 3. The summed E-state index contributed by atoms with van der Waals surface area (Å²) in [5.41, 5.74) is 0.465. The number of aliphatic hydroxyl groups is 1. The Bertz CT molecular complexity index is 887. The third kappa shape index (κ3) is 4.17. The monoisotopic (exact) mass is 434 g/mol. The van der Waals surface area contributed by atoms with Gasteiger partial charge < -0.3 is 28.8 Å². The van der Waals surface area contributed by atoms with Crippen molar-refractivity contribution < 1.29 is 43.2 Å². The van der Waals surface area contributed by atoms with Crippen molar-refractivity contribution in [1.29, 1.82) is 0 Å². The smallest absolute Gasteiger partial charge is 0.334 e. The fourth-order valence-electron chi connectivity index (χ4n) is 4.36. The third-order valence-corrected chi connectivity index (χ3v) is 6.22. The van der Waals surface area contributed by atoms with Gasteiger partial charge in [0.25, 0.3) is 0 Å². The Kier molecular flexibility index (Phi) is 5.53. The van der Waals surface area contributed by atoms with Crippen molar-refractivity contribution in [3.05, 3.63) is 35.5 Å². The molecule has 0 aromatic heterocycles. The van der Waals surface area contributed by atoms with Crippen LogP contribution < -0.4 is 0 Å². The van der Waals surface area contributed by atoms with Crippen molar-refractivity contribution in [2.24, 2.45) is 5.92 Å². The first-order valence-electron chi connectivity index (χ1n) is 10.2. The lowest BCUT2D eigenvalue weighted by atomic mass is 9.82. The van der Waals surface area contributed by atoms with Gasteiger partial charge in [-0.1, -0.05) is 6.58 Å². The summed E-state index contributed by atoms with van der Waals surface area (Å²) in [5.74, 6) is -2.26. The molecule has 1 aliphatic carbocycles. The molecule has 7 atom stereocenters. The Morgan fingerprint density at radius 3 is 2.81 bits per heavy atom. The van der Waals surface area contributed by atoms with Gasteiger partial charge in [0.1, 0.15) is 37.1 Å². The molecule has 0 unspecified atom stereocenters. The van der Waals surface area contributed by atoms with Crippen molar-refractivity contribution in [2.75, 3.05) is 13.2 Å². The molecule has 4 rings (SSSR count). The van der Waals surface area contributed by atoms with Crippen LogP contribution in [0.5, 0.6) is 0 Å². The summed E-state index contributed by atoms with van der Waals surface area (Å²) in [5, 5.41) is 9.81. The van der Waals surface area contributed by atoms with Crippen LogP contribution in [0.4, 0.5) is 0 Å². The maximum atomic E-state index is 12.7. The van der Waals surface area contributed by atoms with Crippen LogP contribution in [0.1, 0.15) is 27.2 Å². The van der Waals surface area contributed by atoms with Crippen LogP contribution >= 0.6 is 0 Å². The van der Waals surface area contributed by atoms with Gasteiger partial charge in [0.2, 0.25) is 0 Å². The number of rotatable bonds is 5. The largest absolute Gasteiger partial charge is 0.462 e. The second-order valence-corrected chi connectivity index (χ2v) is 8.53. The van der Waals surface area contributed by atoms with Gasteiger partial charge in [0.15, 0.2) is 0 Å². The molecule has 0 radical (unpaired) electrons. The zero-order chi connectivity index (χ0) is 22.5. The van der Waals surface area contributed by atoms with Gasteiger partial charge in [0, 0.05) is 24.5 Å². The van der Waals surface area contributed by atoms with Crippen LogP contribution in [0.25, 0.3) is 0 Å². The Morgan fingerprint density at radius 2 is 2.13 bits per heavy atom. The second kappa shape index (κ2) is 7.89. The highest BCUT2D eigenvalue weighted by Gasteiger charge is 2.67. The average molecular weight is 434 g/mol. The Balaban J connectivity index is 1.60. The van der Waals surface area contributed by atoms with Gasteiger partial charge in [-0.05, 0) is 31.6 Å². The van der Waals surface area contributed by atoms with Crippen LogP contribution in [0.15, 0.2) is 35.5 Å². The van der Waals surface area contributed by atoms with Gasteiger partial charge in [-0.15, -0.1) is 0 Å². The van der Waals surface area contributed by atoms with Gasteiger partial charge in [0.05, 0.1) is 18.1 Å². The highest BCUT2D eigenvalue weighted by Crippen LogP contribution is 2.53. The lowest BCUT2D eigenvalue weighted by Gasteiger charge is -2.28. The molecule has 4 aliphatic rings. The van der Waals surface area contributed by atoms with E-state index < -0.39 is 41.6 Å². The van der Waals surface area contributed by atoms with Crippen LogP contribution in [-0.2, 0) is 38.1 Å². The van der Waals surface area contributed by atoms with E-state index in [0.717, 1.165) is 0 Å². The van der Waals surface area contributed by atoms with E-state index in [4.69, 9.17) is 23.7 Å². The molecule has 0 spiro atoms. The van der Waals surface area contributed by atoms with E-state index in [-0.39, 0.29) is 42.7 Å². The third-order valence-electron chi connectivity index (χ3n) is 6.22. The molecule has 9 nitrogen and oxygen atoms in total. The first-order chi connectivity index (χ1) is 14.6. The molecule has 3 saturated heterocycles. The molecule has 0 amide bonds. The maximum absolute atomic E-state index is 12.7. The molecule has 3 heterocycles. The quantitative estimate of drug-likeness (QED) is 0.219. The summed E-state index contributed by atoms with van der Waals surface area (Å²) in [4.78, 5) is 35.9. The molecule has 9 heteroatoms. The van der Waals surface area contributed by atoms with E-state index in [2.05, 4.69) is 6.58 Å². The van der Waals surface area contributed by atoms with Crippen molar-refractivity contribution in [3.63, 3.8) is 0 Å². The molecule has 3 fully saturated rings. The number of hydrogen-bond acceptors (Lipinski definition) is 9. The molecule has 0 saturated carbocycles.